The van der Waals surface area contributed by atoms with Crippen molar-refractivity contribution in [1.29, 1.82) is 0 Å². The summed E-state index contributed by atoms with van der Waals surface area (Å²) in [7, 11) is 0. The molecule has 2 aliphatic carbocycles. The van der Waals surface area contributed by atoms with E-state index in [1.807, 2.05) is 0 Å². The molecule has 3 nitrogen and oxygen atoms in total. The Labute approximate surface area is 106 Å². The number of hydrogen-bond acceptors (Lipinski definition) is 3. The fourth-order valence-corrected chi connectivity index (χ4v) is 3.08. The molecule has 2 bridgehead atoms. The minimum absolute atomic E-state index is 0.0790. The summed E-state index contributed by atoms with van der Waals surface area (Å²) in [5.74, 6) is 0.220. The minimum Gasteiger partial charge on any atom is -0.346 e. The number of halogens is 5. The summed E-state index contributed by atoms with van der Waals surface area (Å²) in [5, 5.41) is 8.43. The van der Waals surface area contributed by atoms with Gasteiger partial charge in [0.15, 0.2) is 6.79 Å². The summed E-state index contributed by atoms with van der Waals surface area (Å²) in [5.41, 5.74) is -1.19. The molecule has 0 spiro atoms. The quantitative estimate of drug-likeness (QED) is 0.625. The molecule has 0 amide bonds. The maximum absolute atomic E-state index is 13.1. The Bertz CT molecular complexity index is 333. The lowest BCUT2D eigenvalue weighted by atomic mass is 9.85. The van der Waals surface area contributed by atoms with Crippen molar-refractivity contribution in [3.63, 3.8) is 0 Å². The largest absolute Gasteiger partial charge is 0.477 e. The van der Waals surface area contributed by atoms with Gasteiger partial charge in [0.1, 0.15) is 12.3 Å². The van der Waals surface area contributed by atoms with Crippen LogP contribution in [0.15, 0.2) is 0 Å². The lowest BCUT2D eigenvalue weighted by Crippen LogP contribution is -2.46. The average molecular weight is 290 g/mol. The molecule has 0 radical (unpaired) electrons. The van der Waals surface area contributed by atoms with Gasteiger partial charge in [0, 0.05) is 0 Å². The molecule has 2 aliphatic rings. The van der Waals surface area contributed by atoms with E-state index in [9.17, 15) is 22.0 Å². The first-order valence-electron chi connectivity index (χ1n) is 6.02. The molecule has 4 unspecified atom stereocenters. The summed E-state index contributed by atoms with van der Waals surface area (Å²) >= 11 is 0. The Kier molecular flexibility index (Phi) is 3.79. The second kappa shape index (κ2) is 4.82. The van der Waals surface area contributed by atoms with Crippen molar-refractivity contribution in [1.82, 2.24) is 0 Å². The third-order valence-electron chi connectivity index (χ3n) is 4.09. The Morgan fingerprint density at radius 1 is 1.21 bits per heavy atom. The Morgan fingerprint density at radius 3 is 2.32 bits per heavy atom. The van der Waals surface area contributed by atoms with E-state index in [0.717, 1.165) is 19.3 Å². The van der Waals surface area contributed by atoms with E-state index in [4.69, 9.17) is 9.84 Å². The minimum atomic E-state index is -5.58. The first-order valence-corrected chi connectivity index (χ1v) is 6.02. The van der Waals surface area contributed by atoms with Crippen molar-refractivity contribution < 1.29 is 36.5 Å². The van der Waals surface area contributed by atoms with Gasteiger partial charge in [-0.2, -0.15) is 17.6 Å². The van der Waals surface area contributed by atoms with Gasteiger partial charge in [-0.1, -0.05) is 0 Å². The summed E-state index contributed by atoms with van der Waals surface area (Å²) in [6, 6.07) is -4.78. The van der Waals surface area contributed by atoms with Gasteiger partial charge in [-0.25, -0.2) is 4.39 Å². The van der Waals surface area contributed by atoms with Crippen LogP contribution in [0.2, 0.25) is 0 Å². The highest BCUT2D eigenvalue weighted by molar-refractivity contribution is 5.02. The number of fused-ring (bicyclic) bond motifs is 2. The van der Waals surface area contributed by atoms with Crippen LogP contribution in [-0.4, -0.2) is 36.4 Å². The number of alkyl halides is 5. The molecule has 1 N–H and O–H groups in total. The van der Waals surface area contributed by atoms with Crippen molar-refractivity contribution in [2.75, 3.05) is 13.5 Å². The molecule has 2 rings (SSSR count). The molecule has 2 saturated carbocycles. The molecule has 4 atom stereocenters. The summed E-state index contributed by atoms with van der Waals surface area (Å²) < 4.78 is 70.4. The molecule has 0 aromatic heterocycles. The van der Waals surface area contributed by atoms with Crippen LogP contribution in [0.4, 0.5) is 22.0 Å². The van der Waals surface area contributed by atoms with Gasteiger partial charge in [0.05, 0.1) is 0 Å². The molecule has 0 saturated heterocycles. The molecule has 0 aromatic rings. The van der Waals surface area contributed by atoms with Crippen LogP contribution in [0, 0.1) is 11.8 Å². The van der Waals surface area contributed by atoms with E-state index in [0.29, 0.717) is 12.3 Å². The smallest absolute Gasteiger partial charge is 0.346 e. The monoisotopic (exact) mass is 290 g/mol. The van der Waals surface area contributed by atoms with Crippen molar-refractivity contribution in [2.45, 2.75) is 43.5 Å². The summed E-state index contributed by atoms with van der Waals surface area (Å²) in [6.45, 7) is -1.99. The molecule has 0 aromatic carbocycles. The van der Waals surface area contributed by atoms with Crippen LogP contribution < -0.4 is 0 Å². The van der Waals surface area contributed by atoms with Crippen LogP contribution in [0.1, 0.15) is 25.7 Å². The predicted octanol–water partition coefficient (Wildman–Crippen LogP) is 2.68. The summed E-state index contributed by atoms with van der Waals surface area (Å²) in [6.07, 6.45) is -2.72. The van der Waals surface area contributed by atoms with E-state index >= 15 is 0 Å². The van der Waals surface area contributed by atoms with E-state index < -0.39 is 31.3 Å². The highest BCUT2D eigenvalue weighted by Crippen LogP contribution is 2.52. The number of aliphatic hydroxyl groups is 1. The Hall–Kier alpha value is -0.470. The van der Waals surface area contributed by atoms with Crippen LogP contribution in [-0.2, 0) is 9.47 Å². The van der Waals surface area contributed by atoms with E-state index in [2.05, 4.69) is 4.74 Å². The van der Waals surface area contributed by atoms with Gasteiger partial charge in [-0.15, -0.1) is 0 Å². The van der Waals surface area contributed by atoms with Gasteiger partial charge in [0.2, 0.25) is 0 Å². The van der Waals surface area contributed by atoms with Gasteiger partial charge in [-0.05, 0) is 37.5 Å². The molecule has 2 fully saturated rings. The maximum atomic E-state index is 13.1. The number of rotatable bonds is 5. The highest BCUT2D eigenvalue weighted by Gasteiger charge is 2.58. The summed E-state index contributed by atoms with van der Waals surface area (Å²) in [4.78, 5) is 0. The standard InChI is InChI=1S/C11H15F5O3/c12-5-9(4-7-1-2-8(9)3-7)18-6-19-11(16,17)10(13,14)15/h7-8,17H,1-6H2. The average Bonchev–Trinajstić information content (AvgIpc) is 2.87. The molecule has 0 heterocycles. The highest BCUT2D eigenvalue weighted by atomic mass is 19.4. The first kappa shape index (κ1) is 14.9. The van der Waals surface area contributed by atoms with Crippen molar-refractivity contribution in [3.05, 3.63) is 0 Å². The fourth-order valence-electron chi connectivity index (χ4n) is 3.08. The van der Waals surface area contributed by atoms with E-state index in [1.54, 1.807) is 0 Å². The van der Waals surface area contributed by atoms with Crippen molar-refractivity contribution >= 4 is 0 Å². The fraction of sp³-hybridized carbons (Fsp3) is 1.00. The van der Waals surface area contributed by atoms with Crippen LogP contribution in [0.3, 0.4) is 0 Å². The van der Waals surface area contributed by atoms with Gasteiger partial charge < -0.3 is 9.84 Å². The van der Waals surface area contributed by atoms with Crippen molar-refractivity contribution in [2.24, 2.45) is 11.8 Å². The van der Waals surface area contributed by atoms with E-state index in [-0.39, 0.29) is 5.92 Å². The van der Waals surface area contributed by atoms with Crippen LogP contribution in [0.5, 0.6) is 0 Å². The molecular weight excluding hydrogens is 275 g/mol. The topological polar surface area (TPSA) is 38.7 Å². The lowest BCUT2D eigenvalue weighted by Gasteiger charge is -2.35. The lowest BCUT2D eigenvalue weighted by molar-refractivity contribution is -0.441. The van der Waals surface area contributed by atoms with Gasteiger partial charge in [-0.3, -0.25) is 4.74 Å². The third-order valence-corrected chi connectivity index (χ3v) is 4.09. The zero-order valence-corrected chi connectivity index (χ0v) is 10.1. The second-order valence-electron chi connectivity index (χ2n) is 5.24. The predicted molar refractivity (Wildman–Crippen MR) is 53.3 cm³/mol. The third kappa shape index (κ3) is 2.71. The Balaban J connectivity index is 1.88. The van der Waals surface area contributed by atoms with Gasteiger partial charge in [0.25, 0.3) is 0 Å². The zero-order valence-electron chi connectivity index (χ0n) is 10.1. The number of hydrogen-bond donors (Lipinski definition) is 1. The zero-order chi connectivity index (χ0) is 14.3. The molecule has 0 aliphatic heterocycles. The first-order chi connectivity index (χ1) is 8.70. The Morgan fingerprint density at radius 2 is 1.89 bits per heavy atom. The molecule has 112 valence electrons. The second-order valence-corrected chi connectivity index (χ2v) is 5.24. The van der Waals surface area contributed by atoms with Crippen LogP contribution >= 0.6 is 0 Å². The SMILES string of the molecule is OC(F)(OCOC1(CF)CC2CCC1C2)C(F)(F)F. The van der Waals surface area contributed by atoms with Crippen molar-refractivity contribution in [3.8, 4) is 0 Å². The van der Waals surface area contributed by atoms with Gasteiger partial charge >= 0.3 is 12.2 Å². The molecule has 19 heavy (non-hydrogen) atoms. The molecule has 8 heteroatoms. The normalized spacial score (nSPS) is 37.6. The maximum Gasteiger partial charge on any atom is 0.477 e. The molecular formula is C11H15F5O3. The van der Waals surface area contributed by atoms with E-state index in [1.165, 1.54) is 0 Å². The number of ether oxygens (including phenoxy) is 2. The van der Waals surface area contributed by atoms with Crippen LogP contribution in [0.25, 0.3) is 0 Å².